The van der Waals surface area contributed by atoms with Crippen molar-refractivity contribution in [2.75, 3.05) is 0 Å². The molecule has 0 amide bonds. The van der Waals surface area contributed by atoms with Gasteiger partial charge in [-0.2, -0.15) is 4.98 Å². The third-order valence-electron chi connectivity index (χ3n) is 1.76. The van der Waals surface area contributed by atoms with Crippen molar-refractivity contribution in [3.8, 4) is 17.3 Å². The first kappa shape index (κ1) is 8.50. The predicted molar refractivity (Wildman–Crippen MR) is 49.0 cm³/mol. The van der Waals surface area contributed by atoms with Gasteiger partial charge in [0.05, 0.1) is 0 Å². The fraction of sp³-hybridized carbons (Fsp3) is 0. The first-order chi connectivity index (χ1) is 6.81. The molecule has 0 aliphatic carbocycles. The lowest BCUT2D eigenvalue weighted by Crippen LogP contribution is -1.74. The van der Waals surface area contributed by atoms with E-state index in [2.05, 4.69) is 4.98 Å². The minimum atomic E-state index is -0.376. The maximum atomic E-state index is 10.4. The Morgan fingerprint density at radius 2 is 2.00 bits per heavy atom. The molecule has 0 fully saturated rings. The Morgan fingerprint density at radius 1 is 1.29 bits per heavy atom. The van der Waals surface area contributed by atoms with E-state index >= 15 is 0 Å². The number of nitrogens with zero attached hydrogens (tertiary/aromatic N) is 1. The Balaban J connectivity index is 2.48. The molecule has 14 heavy (non-hydrogen) atoms. The van der Waals surface area contributed by atoms with Gasteiger partial charge in [0.1, 0.15) is 0 Å². The third-order valence-corrected chi connectivity index (χ3v) is 1.76. The van der Waals surface area contributed by atoms with E-state index in [1.807, 2.05) is 18.2 Å². The maximum absolute atomic E-state index is 10.4. The van der Waals surface area contributed by atoms with Crippen molar-refractivity contribution in [3.63, 3.8) is 0 Å². The molecule has 1 N–H and O–H groups in total. The van der Waals surface area contributed by atoms with Gasteiger partial charge in [-0.1, -0.05) is 18.2 Å². The van der Waals surface area contributed by atoms with Crippen molar-refractivity contribution in [1.29, 1.82) is 0 Å². The molecule has 0 saturated carbocycles. The van der Waals surface area contributed by atoms with Gasteiger partial charge >= 0.3 is 0 Å². The fourth-order valence-corrected chi connectivity index (χ4v) is 1.10. The van der Waals surface area contributed by atoms with Gasteiger partial charge in [-0.25, -0.2) is 0 Å². The molecule has 4 nitrogen and oxygen atoms in total. The van der Waals surface area contributed by atoms with Gasteiger partial charge in [0, 0.05) is 5.56 Å². The minimum absolute atomic E-state index is 0.149. The maximum Gasteiger partial charge on any atom is 0.262 e. The van der Waals surface area contributed by atoms with Crippen LogP contribution in [-0.4, -0.2) is 16.4 Å². The minimum Gasteiger partial charge on any atom is -0.490 e. The standard InChI is InChI=1S/C10H7NO3/c12-6-8-9(13)11-10(14-8)7-4-2-1-3-5-7/h1-6,13H. The smallest absolute Gasteiger partial charge is 0.262 e. The van der Waals surface area contributed by atoms with Crippen LogP contribution in [0.2, 0.25) is 0 Å². The zero-order valence-electron chi connectivity index (χ0n) is 7.18. The van der Waals surface area contributed by atoms with E-state index in [1.54, 1.807) is 12.1 Å². The first-order valence-corrected chi connectivity index (χ1v) is 4.01. The summed E-state index contributed by atoms with van der Waals surface area (Å²) >= 11 is 0. The highest BCUT2D eigenvalue weighted by molar-refractivity contribution is 5.75. The van der Waals surface area contributed by atoms with Gasteiger partial charge in [0.15, 0.2) is 6.29 Å². The second kappa shape index (κ2) is 3.33. The number of oxazole rings is 1. The summed E-state index contributed by atoms with van der Waals surface area (Å²) in [7, 11) is 0. The van der Waals surface area contributed by atoms with Gasteiger partial charge in [-0.3, -0.25) is 4.79 Å². The number of benzene rings is 1. The zero-order valence-corrected chi connectivity index (χ0v) is 7.18. The molecular weight excluding hydrogens is 182 g/mol. The summed E-state index contributed by atoms with van der Waals surface area (Å²) in [5.41, 5.74) is 0.718. The van der Waals surface area contributed by atoms with Crippen LogP contribution in [0.5, 0.6) is 5.88 Å². The molecule has 0 spiro atoms. The molecule has 4 heteroatoms. The van der Waals surface area contributed by atoms with E-state index in [0.717, 1.165) is 5.56 Å². The van der Waals surface area contributed by atoms with Gasteiger partial charge < -0.3 is 9.52 Å². The van der Waals surface area contributed by atoms with Crippen LogP contribution < -0.4 is 0 Å². The highest BCUT2D eigenvalue weighted by Gasteiger charge is 2.11. The van der Waals surface area contributed by atoms with Crippen LogP contribution in [0.3, 0.4) is 0 Å². The van der Waals surface area contributed by atoms with E-state index in [9.17, 15) is 4.79 Å². The molecule has 2 rings (SSSR count). The molecule has 0 aliphatic rings. The molecule has 0 unspecified atom stereocenters. The highest BCUT2D eigenvalue weighted by Crippen LogP contribution is 2.23. The molecule has 0 aliphatic heterocycles. The molecule has 1 heterocycles. The van der Waals surface area contributed by atoms with E-state index in [-0.39, 0.29) is 17.5 Å². The highest BCUT2D eigenvalue weighted by atomic mass is 16.4. The molecule has 0 radical (unpaired) electrons. The second-order valence-electron chi connectivity index (χ2n) is 2.69. The summed E-state index contributed by atoms with van der Waals surface area (Å²) in [6, 6.07) is 9.04. The van der Waals surface area contributed by atoms with Crippen LogP contribution >= 0.6 is 0 Å². The van der Waals surface area contributed by atoms with Crippen molar-refractivity contribution in [1.82, 2.24) is 4.98 Å². The van der Waals surface area contributed by atoms with Crippen LogP contribution in [-0.2, 0) is 0 Å². The van der Waals surface area contributed by atoms with Crippen LogP contribution in [0, 0.1) is 0 Å². The Bertz CT molecular complexity index is 448. The van der Waals surface area contributed by atoms with Crippen LogP contribution in [0.1, 0.15) is 10.6 Å². The summed E-state index contributed by atoms with van der Waals surface area (Å²) in [5, 5.41) is 9.16. The Hall–Kier alpha value is -2.10. The summed E-state index contributed by atoms with van der Waals surface area (Å²) in [6.07, 6.45) is 0.425. The number of aldehydes is 1. The number of aromatic nitrogens is 1. The second-order valence-corrected chi connectivity index (χ2v) is 2.69. The molecule has 1 aromatic heterocycles. The summed E-state index contributed by atoms with van der Waals surface area (Å²) in [4.78, 5) is 14.1. The normalized spacial score (nSPS) is 10.0. The number of carbonyl (C=O) groups excluding carboxylic acids is 1. The zero-order chi connectivity index (χ0) is 9.97. The third kappa shape index (κ3) is 1.37. The van der Waals surface area contributed by atoms with Gasteiger partial charge in [-0.05, 0) is 12.1 Å². The Kier molecular flexibility index (Phi) is 2.02. The average Bonchev–Trinajstić information content (AvgIpc) is 2.61. The van der Waals surface area contributed by atoms with Crippen molar-refractivity contribution >= 4 is 6.29 Å². The van der Waals surface area contributed by atoms with E-state index in [4.69, 9.17) is 9.52 Å². The number of aromatic hydroxyl groups is 1. The molecule has 70 valence electrons. The van der Waals surface area contributed by atoms with Crippen LogP contribution in [0.15, 0.2) is 34.7 Å². The monoisotopic (exact) mass is 189 g/mol. The lowest BCUT2D eigenvalue weighted by Gasteiger charge is -1.91. The van der Waals surface area contributed by atoms with Crippen molar-refractivity contribution < 1.29 is 14.3 Å². The molecule has 0 saturated heterocycles. The Labute approximate surface area is 79.8 Å². The lowest BCUT2D eigenvalue weighted by molar-refractivity contribution is 0.109. The van der Waals surface area contributed by atoms with Gasteiger partial charge in [0.2, 0.25) is 11.7 Å². The number of rotatable bonds is 2. The molecule has 1 aromatic carbocycles. The largest absolute Gasteiger partial charge is 0.490 e. The van der Waals surface area contributed by atoms with Gasteiger partial charge in [-0.15, -0.1) is 0 Å². The SMILES string of the molecule is O=Cc1oc(-c2ccccc2)nc1O. The number of carbonyl (C=O) groups is 1. The Morgan fingerprint density at radius 3 is 2.57 bits per heavy atom. The molecular formula is C10H7NO3. The van der Waals surface area contributed by atoms with Gasteiger partial charge in [0.25, 0.3) is 5.88 Å². The molecule has 2 aromatic rings. The van der Waals surface area contributed by atoms with E-state index < -0.39 is 0 Å². The lowest BCUT2D eigenvalue weighted by atomic mass is 10.2. The fourth-order valence-electron chi connectivity index (χ4n) is 1.10. The van der Waals surface area contributed by atoms with Crippen molar-refractivity contribution in [3.05, 3.63) is 36.1 Å². The van der Waals surface area contributed by atoms with Crippen LogP contribution in [0.4, 0.5) is 0 Å². The molecule has 0 bridgehead atoms. The van der Waals surface area contributed by atoms with E-state index in [1.165, 1.54) is 0 Å². The summed E-state index contributed by atoms with van der Waals surface area (Å²) in [5.74, 6) is -0.284. The quantitative estimate of drug-likeness (QED) is 0.732. The predicted octanol–water partition coefficient (Wildman–Crippen LogP) is 1.86. The van der Waals surface area contributed by atoms with Crippen molar-refractivity contribution in [2.24, 2.45) is 0 Å². The summed E-state index contributed by atoms with van der Waals surface area (Å²) in [6.45, 7) is 0. The summed E-state index contributed by atoms with van der Waals surface area (Å²) < 4.78 is 5.02. The number of hydrogen-bond donors (Lipinski definition) is 1. The molecule has 0 atom stereocenters. The average molecular weight is 189 g/mol. The number of hydrogen-bond acceptors (Lipinski definition) is 4. The van der Waals surface area contributed by atoms with Crippen LogP contribution in [0.25, 0.3) is 11.5 Å². The van der Waals surface area contributed by atoms with Crippen molar-refractivity contribution in [2.45, 2.75) is 0 Å². The van der Waals surface area contributed by atoms with E-state index in [0.29, 0.717) is 6.29 Å². The first-order valence-electron chi connectivity index (χ1n) is 4.01. The topological polar surface area (TPSA) is 63.3 Å².